The third-order valence-corrected chi connectivity index (χ3v) is 4.93. The highest BCUT2D eigenvalue weighted by Crippen LogP contribution is 2.25. The van der Waals surface area contributed by atoms with E-state index in [1.165, 1.54) is 16.8 Å². The Bertz CT molecular complexity index is 1220. The average Bonchev–Trinajstić information content (AvgIpc) is 3.24. The van der Waals surface area contributed by atoms with E-state index in [4.69, 9.17) is 11.6 Å². The summed E-state index contributed by atoms with van der Waals surface area (Å²) >= 11 is 6.00. The summed E-state index contributed by atoms with van der Waals surface area (Å²) in [6.07, 6.45) is 0. The first kappa shape index (κ1) is 20.3. The van der Waals surface area contributed by atoms with Crippen molar-refractivity contribution in [1.82, 2.24) is 15.1 Å². The van der Waals surface area contributed by atoms with E-state index in [-0.39, 0.29) is 11.6 Å². The van der Waals surface area contributed by atoms with Gasteiger partial charge in [0.2, 0.25) is 0 Å². The third kappa shape index (κ3) is 4.62. The summed E-state index contributed by atoms with van der Waals surface area (Å²) in [6.45, 7) is 0.373. The molecule has 0 unspecified atom stereocenters. The fraction of sp³-hybridized carbons (Fsp3) is 0.0435. The van der Waals surface area contributed by atoms with Crippen molar-refractivity contribution < 1.29 is 9.72 Å². The number of carbonyl (C=O) groups excluding carboxylic acids is 1. The monoisotopic (exact) mass is 432 g/mol. The number of hydrogen-bond acceptors (Lipinski definition) is 4. The summed E-state index contributed by atoms with van der Waals surface area (Å²) in [5.74, 6) is -0.292. The number of carbonyl (C=O) groups is 1. The van der Waals surface area contributed by atoms with Gasteiger partial charge in [0, 0.05) is 29.3 Å². The zero-order chi connectivity index (χ0) is 21.8. The van der Waals surface area contributed by atoms with Crippen LogP contribution < -0.4 is 5.32 Å². The van der Waals surface area contributed by atoms with Crippen molar-refractivity contribution in [2.75, 3.05) is 0 Å². The molecule has 0 saturated heterocycles. The largest absolute Gasteiger partial charge is 0.347 e. The van der Waals surface area contributed by atoms with Gasteiger partial charge in [-0.3, -0.25) is 14.9 Å². The number of nitrogens with zero attached hydrogens (tertiary/aromatic N) is 3. The van der Waals surface area contributed by atoms with Crippen LogP contribution in [-0.2, 0) is 6.54 Å². The third-order valence-electron chi connectivity index (χ3n) is 4.68. The number of rotatable bonds is 6. The Morgan fingerprint density at radius 1 is 1.00 bits per heavy atom. The van der Waals surface area contributed by atoms with Crippen molar-refractivity contribution in [3.05, 3.63) is 111 Å². The quantitative estimate of drug-likeness (QED) is 0.341. The standard InChI is InChI=1S/C23H17ClN4O3/c24-18-8-12-19(13-9-18)27-22(23(29)25-15-16-4-2-1-3-5-16)14-21(26-27)17-6-10-20(11-7-17)28(30)31/h1-14H,15H2,(H,25,29). The molecule has 0 fully saturated rings. The number of aromatic nitrogens is 2. The molecule has 1 N–H and O–H groups in total. The molecule has 1 heterocycles. The molecule has 0 saturated carbocycles. The molecule has 0 radical (unpaired) electrons. The maximum absolute atomic E-state index is 13.0. The smallest absolute Gasteiger partial charge is 0.270 e. The van der Waals surface area contributed by atoms with Crippen LogP contribution in [0.4, 0.5) is 5.69 Å². The van der Waals surface area contributed by atoms with Gasteiger partial charge in [-0.2, -0.15) is 5.10 Å². The molecule has 154 valence electrons. The normalized spacial score (nSPS) is 10.6. The fourth-order valence-corrected chi connectivity index (χ4v) is 3.21. The van der Waals surface area contributed by atoms with E-state index < -0.39 is 4.92 Å². The highest BCUT2D eigenvalue weighted by Gasteiger charge is 2.18. The Balaban J connectivity index is 1.68. The number of benzene rings is 3. The van der Waals surface area contributed by atoms with E-state index in [2.05, 4.69) is 10.4 Å². The molecule has 0 aliphatic heterocycles. The highest BCUT2D eigenvalue weighted by molar-refractivity contribution is 6.30. The van der Waals surface area contributed by atoms with Crippen LogP contribution in [-0.4, -0.2) is 20.6 Å². The van der Waals surface area contributed by atoms with E-state index >= 15 is 0 Å². The lowest BCUT2D eigenvalue weighted by atomic mass is 10.1. The molecule has 0 aliphatic carbocycles. The second kappa shape index (κ2) is 8.81. The minimum absolute atomic E-state index is 0.0123. The van der Waals surface area contributed by atoms with Gasteiger partial charge in [-0.05, 0) is 48.0 Å². The summed E-state index contributed by atoms with van der Waals surface area (Å²) in [5.41, 5.74) is 3.16. The summed E-state index contributed by atoms with van der Waals surface area (Å²) in [4.78, 5) is 23.4. The van der Waals surface area contributed by atoms with Gasteiger partial charge in [-0.15, -0.1) is 0 Å². The number of hydrogen-bond donors (Lipinski definition) is 1. The predicted molar refractivity (Wildman–Crippen MR) is 118 cm³/mol. The molecule has 0 spiro atoms. The summed E-state index contributed by atoms with van der Waals surface area (Å²) in [7, 11) is 0. The van der Waals surface area contributed by atoms with Crippen LogP contribution in [0.5, 0.6) is 0 Å². The van der Waals surface area contributed by atoms with Gasteiger partial charge >= 0.3 is 0 Å². The molecule has 0 bridgehead atoms. The van der Waals surface area contributed by atoms with Crippen LogP contribution in [0, 0.1) is 10.1 Å². The maximum atomic E-state index is 13.0. The summed E-state index contributed by atoms with van der Waals surface area (Å²) in [6, 6.07) is 24.3. The summed E-state index contributed by atoms with van der Waals surface area (Å²) < 4.78 is 1.54. The lowest BCUT2D eigenvalue weighted by Crippen LogP contribution is -2.25. The van der Waals surface area contributed by atoms with E-state index in [1.54, 1.807) is 42.5 Å². The molecule has 1 aromatic heterocycles. The second-order valence-corrected chi connectivity index (χ2v) is 7.21. The van der Waals surface area contributed by atoms with Gasteiger partial charge in [-0.25, -0.2) is 4.68 Å². The Morgan fingerprint density at radius 3 is 2.32 bits per heavy atom. The van der Waals surface area contributed by atoms with Gasteiger partial charge < -0.3 is 5.32 Å². The number of non-ortho nitro benzene ring substituents is 1. The average molecular weight is 433 g/mol. The van der Waals surface area contributed by atoms with Crippen molar-refractivity contribution >= 4 is 23.2 Å². The van der Waals surface area contributed by atoms with Gasteiger partial charge in [0.15, 0.2) is 0 Å². The molecule has 4 aromatic rings. The van der Waals surface area contributed by atoms with Crippen molar-refractivity contribution in [1.29, 1.82) is 0 Å². The van der Waals surface area contributed by atoms with Gasteiger partial charge in [0.05, 0.1) is 16.3 Å². The number of nitro groups is 1. The van der Waals surface area contributed by atoms with E-state index in [0.717, 1.165) is 5.56 Å². The predicted octanol–water partition coefficient (Wildman–Crippen LogP) is 5.03. The molecular weight excluding hydrogens is 416 g/mol. The number of nitrogens with one attached hydrogen (secondary N) is 1. The van der Waals surface area contributed by atoms with Crippen LogP contribution in [0.1, 0.15) is 16.1 Å². The van der Waals surface area contributed by atoms with Crippen LogP contribution >= 0.6 is 11.6 Å². The van der Waals surface area contributed by atoms with Crippen molar-refractivity contribution in [3.8, 4) is 16.9 Å². The molecule has 3 aromatic carbocycles. The van der Waals surface area contributed by atoms with E-state index in [0.29, 0.717) is 34.2 Å². The first-order valence-corrected chi connectivity index (χ1v) is 9.82. The highest BCUT2D eigenvalue weighted by atomic mass is 35.5. The lowest BCUT2D eigenvalue weighted by molar-refractivity contribution is -0.384. The van der Waals surface area contributed by atoms with Gasteiger partial charge in [0.1, 0.15) is 5.69 Å². The van der Waals surface area contributed by atoms with Gasteiger partial charge in [0.25, 0.3) is 11.6 Å². The van der Waals surface area contributed by atoms with Crippen LogP contribution in [0.3, 0.4) is 0 Å². The molecule has 1 amide bonds. The first-order valence-electron chi connectivity index (χ1n) is 9.44. The molecular formula is C23H17ClN4O3. The zero-order valence-corrected chi connectivity index (χ0v) is 17.0. The molecule has 0 atom stereocenters. The lowest BCUT2D eigenvalue weighted by Gasteiger charge is -2.08. The molecule has 7 nitrogen and oxygen atoms in total. The van der Waals surface area contributed by atoms with Gasteiger partial charge in [-0.1, -0.05) is 41.9 Å². The summed E-state index contributed by atoms with van der Waals surface area (Å²) in [5, 5.41) is 19.0. The molecule has 4 rings (SSSR count). The topological polar surface area (TPSA) is 90.1 Å². The van der Waals surface area contributed by atoms with Crippen molar-refractivity contribution in [3.63, 3.8) is 0 Å². The van der Waals surface area contributed by atoms with Crippen LogP contribution in [0.15, 0.2) is 84.9 Å². The van der Waals surface area contributed by atoms with E-state index in [1.807, 2.05) is 30.3 Å². The molecule has 8 heteroatoms. The van der Waals surface area contributed by atoms with Crippen LogP contribution in [0.25, 0.3) is 16.9 Å². The fourth-order valence-electron chi connectivity index (χ4n) is 3.09. The second-order valence-electron chi connectivity index (χ2n) is 6.78. The Kier molecular flexibility index (Phi) is 5.77. The minimum atomic E-state index is -0.460. The van der Waals surface area contributed by atoms with Crippen LogP contribution in [0.2, 0.25) is 5.02 Å². The Morgan fingerprint density at radius 2 is 1.68 bits per heavy atom. The molecule has 31 heavy (non-hydrogen) atoms. The zero-order valence-electron chi connectivity index (χ0n) is 16.2. The SMILES string of the molecule is O=C(NCc1ccccc1)c1cc(-c2ccc([N+](=O)[O-])cc2)nn1-c1ccc(Cl)cc1. The Labute approximate surface area is 183 Å². The number of halogens is 1. The first-order chi connectivity index (χ1) is 15.0. The van der Waals surface area contributed by atoms with E-state index in [9.17, 15) is 14.9 Å². The molecule has 0 aliphatic rings. The number of amides is 1. The Hall–Kier alpha value is -3.97. The van der Waals surface area contributed by atoms with Crippen molar-refractivity contribution in [2.24, 2.45) is 0 Å². The van der Waals surface area contributed by atoms with Crippen molar-refractivity contribution in [2.45, 2.75) is 6.54 Å². The maximum Gasteiger partial charge on any atom is 0.270 e. The minimum Gasteiger partial charge on any atom is -0.347 e. The number of nitro benzene ring substituents is 1.